The van der Waals surface area contributed by atoms with Gasteiger partial charge in [-0.15, -0.1) is 0 Å². The van der Waals surface area contributed by atoms with E-state index in [2.05, 4.69) is 5.32 Å². The van der Waals surface area contributed by atoms with E-state index in [9.17, 15) is 8.42 Å². The fourth-order valence-corrected chi connectivity index (χ4v) is 4.19. The standard InChI is InChI=1S/C14H22N2O3S/c1-4-19-12-5-7-13(8-6-12)20(17,18)16-10-9-15-11-14(16,2)3/h5-8,15H,4,9-11H2,1-3H3. The van der Waals surface area contributed by atoms with Crippen molar-refractivity contribution in [3.63, 3.8) is 0 Å². The van der Waals surface area contributed by atoms with Crippen LogP contribution in [0.3, 0.4) is 0 Å². The van der Waals surface area contributed by atoms with Crippen molar-refractivity contribution in [2.75, 3.05) is 26.2 Å². The summed E-state index contributed by atoms with van der Waals surface area (Å²) in [5.74, 6) is 0.686. The van der Waals surface area contributed by atoms with Gasteiger partial charge in [-0.25, -0.2) is 8.42 Å². The molecule has 112 valence electrons. The summed E-state index contributed by atoms with van der Waals surface area (Å²) in [5, 5.41) is 3.23. The van der Waals surface area contributed by atoms with E-state index in [0.717, 1.165) is 0 Å². The molecule has 1 aliphatic rings. The van der Waals surface area contributed by atoms with Crippen molar-refractivity contribution in [3.05, 3.63) is 24.3 Å². The van der Waals surface area contributed by atoms with E-state index >= 15 is 0 Å². The smallest absolute Gasteiger partial charge is 0.243 e. The number of rotatable bonds is 4. The van der Waals surface area contributed by atoms with Crippen molar-refractivity contribution in [2.24, 2.45) is 0 Å². The van der Waals surface area contributed by atoms with Crippen molar-refractivity contribution in [1.82, 2.24) is 9.62 Å². The Morgan fingerprint density at radius 1 is 1.30 bits per heavy atom. The van der Waals surface area contributed by atoms with E-state index in [0.29, 0.717) is 36.9 Å². The van der Waals surface area contributed by atoms with Crippen LogP contribution in [0.5, 0.6) is 5.75 Å². The van der Waals surface area contributed by atoms with Gasteiger partial charge >= 0.3 is 0 Å². The van der Waals surface area contributed by atoms with Crippen LogP contribution >= 0.6 is 0 Å². The van der Waals surface area contributed by atoms with E-state index in [1.807, 2.05) is 20.8 Å². The molecular formula is C14H22N2O3S. The lowest BCUT2D eigenvalue weighted by Crippen LogP contribution is -2.59. The Morgan fingerprint density at radius 2 is 1.95 bits per heavy atom. The van der Waals surface area contributed by atoms with Gasteiger partial charge in [0.05, 0.1) is 11.5 Å². The summed E-state index contributed by atoms with van der Waals surface area (Å²) in [6.07, 6.45) is 0. The maximum absolute atomic E-state index is 12.7. The summed E-state index contributed by atoms with van der Waals surface area (Å²) < 4.78 is 32.4. The maximum atomic E-state index is 12.7. The molecule has 1 aromatic carbocycles. The first kappa shape index (κ1) is 15.3. The van der Waals surface area contributed by atoms with Crippen LogP contribution in [-0.4, -0.2) is 44.5 Å². The predicted molar refractivity (Wildman–Crippen MR) is 78.5 cm³/mol. The molecule has 0 unspecified atom stereocenters. The third-order valence-electron chi connectivity index (χ3n) is 3.45. The quantitative estimate of drug-likeness (QED) is 0.914. The molecule has 1 aromatic rings. The molecule has 1 fully saturated rings. The van der Waals surface area contributed by atoms with Gasteiger partial charge in [0.1, 0.15) is 5.75 Å². The maximum Gasteiger partial charge on any atom is 0.243 e. The summed E-state index contributed by atoms with van der Waals surface area (Å²) in [6.45, 7) is 8.16. The van der Waals surface area contributed by atoms with E-state index < -0.39 is 15.6 Å². The zero-order valence-corrected chi connectivity index (χ0v) is 13.0. The molecule has 6 heteroatoms. The van der Waals surface area contributed by atoms with Gasteiger partial charge < -0.3 is 10.1 Å². The van der Waals surface area contributed by atoms with Crippen LogP contribution in [0.15, 0.2) is 29.2 Å². The lowest BCUT2D eigenvalue weighted by atomic mass is 10.0. The zero-order valence-electron chi connectivity index (χ0n) is 12.2. The summed E-state index contributed by atoms with van der Waals surface area (Å²) in [5.41, 5.74) is -0.421. The van der Waals surface area contributed by atoms with E-state index in [1.165, 1.54) is 0 Å². The number of ether oxygens (including phenoxy) is 1. The number of benzene rings is 1. The molecule has 0 bridgehead atoms. The summed E-state index contributed by atoms with van der Waals surface area (Å²) >= 11 is 0. The first-order valence-electron chi connectivity index (χ1n) is 6.84. The summed E-state index contributed by atoms with van der Waals surface area (Å²) in [6, 6.07) is 6.62. The molecule has 0 saturated carbocycles. The first-order valence-corrected chi connectivity index (χ1v) is 8.28. The van der Waals surface area contributed by atoms with Crippen molar-refractivity contribution >= 4 is 10.0 Å². The minimum Gasteiger partial charge on any atom is -0.494 e. The molecule has 0 atom stereocenters. The van der Waals surface area contributed by atoms with Crippen LogP contribution < -0.4 is 10.1 Å². The van der Waals surface area contributed by atoms with Crippen molar-refractivity contribution in [3.8, 4) is 5.75 Å². The van der Waals surface area contributed by atoms with E-state index in [4.69, 9.17) is 4.74 Å². The zero-order chi connectivity index (χ0) is 14.8. The SMILES string of the molecule is CCOc1ccc(S(=O)(=O)N2CCNCC2(C)C)cc1. The van der Waals surface area contributed by atoms with Crippen LogP contribution in [-0.2, 0) is 10.0 Å². The molecule has 0 aliphatic carbocycles. The van der Waals surface area contributed by atoms with Gasteiger partial charge in [0, 0.05) is 25.2 Å². The molecule has 0 aromatic heterocycles. The van der Waals surface area contributed by atoms with Gasteiger partial charge in [0.15, 0.2) is 0 Å². The largest absolute Gasteiger partial charge is 0.494 e. The second-order valence-electron chi connectivity index (χ2n) is 5.47. The topological polar surface area (TPSA) is 58.6 Å². The molecule has 2 rings (SSSR count). The molecular weight excluding hydrogens is 276 g/mol. The Balaban J connectivity index is 2.29. The number of piperazine rings is 1. The number of hydrogen-bond donors (Lipinski definition) is 1. The Morgan fingerprint density at radius 3 is 2.50 bits per heavy atom. The van der Waals surface area contributed by atoms with Crippen LogP contribution in [0.25, 0.3) is 0 Å². The number of sulfonamides is 1. The van der Waals surface area contributed by atoms with Gasteiger partial charge in [-0.1, -0.05) is 0 Å². The van der Waals surface area contributed by atoms with E-state index in [1.54, 1.807) is 28.6 Å². The monoisotopic (exact) mass is 298 g/mol. The number of nitrogens with one attached hydrogen (secondary N) is 1. The third kappa shape index (κ3) is 2.97. The van der Waals surface area contributed by atoms with Gasteiger partial charge in [-0.3, -0.25) is 0 Å². The van der Waals surface area contributed by atoms with Crippen molar-refractivity contribution in [1.29, 1.82) is 0 Å². The van der Waals surface area contributed by atoms with Crippen molar-refractivity contribution < 1.29 is 13.2 Å². The van der Waals surface area contributed by atoms with Gasteiger partial charge in [-0.2, -0.15) is 4.31 Å². The van der Waals surface area contributed by atoms with Gasteiger partial charge in [0.25, 0.3) is 0 Å². The molecule has 1 saturated heterocycles. The highest BCUT2D eigenvalue weighted by Crippen LogP contribution is 2.26. The molecule has 5 nitrogen and oxygen atoms in total. The fraction of sp³-hybridized carbons (Fsp3) is 0.571. The lowest BCUT2D eigenvalue weighted by molar-refractivity contribution is 0.186. The van der Waals surface area contributed by atoms with Crippen LogP contribution in [0.1, 0.15) is 20.8 Å². The second kappa shape index (κ2) is 5.71. The highest BCUT2D eigenvalue weighted by atomic mass is 32.2. The molecule has 0 radical (unpaired) electrons. The highest BCUT2D eigenvalue weighted by molar-refractivity contribution is 7.89. The fourth-order valence-electron chi connectivity index (χ4n) is 2.41. The Labute approximate surface area is 121 Å². The van der Waals surface area contributed by atoms with Crippen LogP contribution in [0.4, 0.5) is 0 Å². The van der Waals surface area contributed by atoms with Crippen LogP contribution in [0.2, 0.25) is 0 Å². The summed E-state index contributed by atoms with van der Waals surface area (Å²) in [4.78, 5) is 0.316. The normalized spacial score (nSPS) is 19.8. The first-order chi connectivity index (χ1) is 9.38. The average molecular weight is 298 g/mol. The van der Waals surface area contributed by atoms with Gasteiger partial charge in [0.2, 0.25) is 10.0 Å². The molecule has 0 spiro atoms. The number of hydrogen-bond acceptors (Lipinski definition) is 4. The highest BCUT2D eigenvalue weighted by Gasteiger charge is 2.38. The Hall–Kier alpha value is -1.11. The molecule has 1 aliphatic heterocycles. The Bertz CT molecular complexity index is 552. The molecule has 1 heterocycles. The third-order valence-corrected chi connectivity index (χ3v) is 5.57. The average Bonchev–Trinajstić information content (AvgIpc) is 2.39. The lowest BCUT2D eigenvalue weighted by Gasteiger charge is -2.41. The van der Waals surface area contributed by atoms with Gasteiger partial charge in [-0.05, 0) is 45.0 Å². The molecule has 20 heavy (non-hydrogen) atoms. The van der Waals surface area contributed by atoms with Crippen molar-refractivity contribution in [2.45, 2.75) is 31.2 Å². The van der Waals surface area contributed by atoms with Crippen LogP contribution in [0, 0.1) is 0 Å². The Kier molecular flexibility index (Phi) is 4.36. The number of nitrogens with zero attached hydrogens (tertiary/aromatic N) is 1. The summed E-state index contributed by atoms with van der Waals surface area (Å²) in [7, 11) is -3.46. The minimum atomic E-state index is -3.46. The molecule has 0 amide bonds. The predicted octanol–water partition coefficient (Wildman–Crippen LogP) is 1.46. The van der Waals surface area contributed by atoms with E-state index in [-0.39, 0.29) is 0 Å². The second-order valence-corrected chi connectivity index (χ2v) is 7.33. The molecule has 1 N–H and O–H groups in total. The minimum absolute atomic E-state index is 0.316.